The lowest BCUT2D eigenvalue weighted by molar-refractivity contribution is -0.145. The van der Waals surface area contributed by atoms with E-state index in [0.717, 1.165) is 0 Å². The summed E-state index contributed by atoms with van der Waals surface area (Å²) in [5.41, 5.74) is 9.85. The van der Waals surface area contributed by atoms with Gasteiger partial charge in [0, 0.05) is 11.8 Å². The summed E-state index contributed by atoms with van der Waals surface area (Å²) in [6.45, 7) is 0. The summed E-state index contributed by atoms with van der Waals surface area (Å²) in [6.07, 6.45) is 0. The van der Waals surface area contributed by atoms with Crippen LogP contribution in [0.15, 0.2) is 48.5 Å². The molecule has 0 spiro atoms. The molecule has 4 heteroatoms. The van der Waals surface area contributed by atoms with E-state index < -0.39 is 0 Å². The Morgan fingerprint density at radius 3 is 1.23 bits per heavy atom. The molecular formula is C18H14N2O2. The highest BCUT2D eigenvalue weighted by molar-refractivity contribution is 5.96. The van der Waals surface area contributed by atoms with E-state index in [9.17, 15) is 9.59 Å². The number of benzene rings is 2. The average molecular weight is 290 g/mol. The molecule has 2 aromatic carbocycles. The van der Waals surface area contributed by atoms with Crippen LogP contribution in [0.1, 0.15) is 34.1 Å². The SMILES string of the molecule is O=C1NNC(=O)[C@@H]2C3c4ccccc4C(c4ccccc43)[C@@H]12. The molecule has 4 aliphatic rings. The van der Waals surface area contributed by atoms with Gasteiger partial charge in [0.2, 0.25) is 11.8 Å². The summed E-state index contributed by atoms with van der Waals surface area (Å²) < 4.78 is 0. The molecule has 4 nitrogen and oxygen atoms in total. The highest BCUT2D eigenvalue weighted by Crippen LogP contribution is 2.58. The van der Waals surface area contributed by atoms with Crippen LogP contribution in [0.4, 0.5) is 0 Å². The zero-order valence-electron chi connectivity index (χ0n) is 11.7. The van der Waals surface area contributed by atoms with E-state index in [0.29, 0.717) is 0 Å². The van der Waals surface area contributed by atoms with Gasteiger partial charge < -0.3 is 0 Å². The van der Waals surface area contributed by atoms with Crippen molar-refractivity contribution in [3.05, 3.63) is 70.8 Å². The van der Waals surface area contributed by atoms with Gasteiger partial charge in [0.15, 0.2) is 0 Å². The molecule has 108 valence electrons. The maximum absolute atomic E-state index is 12.5. The first-order valence-electron chi connectivity index (χ1n) is 7.54. The van der Waals surface area contributed by atoms with Gasteiger partial charge >= 0.3 is 0 Å². The number of nitrogens with one attached hydrogen (secondary N) is 2. The van der Waals surface area contributed by atoms with Crippen LogP contribution in [-0.2, 0) is 9.59 Å². The Morgan fingerprint density at radius 1 is 0.591 bits per heavy atom. The van der Waals surface area contributed by atoms with E-state index in [4.69, 9.17) is 0 Å². The minimum atomic E-state index is -0.316. The highest BCUT2D eigenvalue weighted by atomic mass is 16.2. The Labute approximate surface area is 127 Å². The molecule has 3 aliphatic carbocycles. The molecule has 1 aliphatic heterocycles. The molecule has 2 N–H and O–H groups in total. The number of amides is 2. The molecule has 2 atom stereocenters. The molecule has 1 saturated heterocycles. The number of carbonyl (C=O) groups is 2. The Kier molecular flexibility index (Phi) is 2.16. The van der Waals surface area contributed by atoms with Gasteiger partial charge in [-0.2, -0.15) is 0 Å². The molecule has 0 aromatic heterocycles. The van der Waals surface area contributed by atoms with Gasteiger partial charge in [0.1, 0.15) is 0 Å². The lowest BCUT2D eigenvalue weighted by Crippen LogP contribution is -2.62. The molecule has 2 aromatic rings. The first-order chi connectivity index (χ1) is 10.8. The third kappa shape index (κ3) is 1.28. The van der Waals surface area contributed by atoms with Crippen molar-refractivity contribution in [1.82, 2.24) is 10.9 Å². The van der Waals surface area contributed by atoms with Crippen LogP contribution in [0.5, 0.6) is 0 Å². The molecule has 0 saturated carbocycles. The van der Waals surface area contributed by atoms with Crippen LogP contribution in [0, 0.1) is 11.8 Å². The summed E-state index contributed by atoms with van der Waals surface area (Å²) in [5, 5.41) is 0. The maximum Gasteiger partial charge on any atom is 0.243 e. The summed E-state index contributed by atoms with van der Waals surface area (Å²) in [5.74, 6) is -0.860. The second-order valence-corrected chi connectivity index (χ2v) is 6.24. The Morgan fingerprint density at radius 2 is 0.909 bits per heavy atom. The lowest BCUT2D eigenvalue weighted by Gasteiger charge is -2.50. The fourth-order valence-electron chi connectivity index (χ4n) is 4.60. The van der Waals surface area contributed by atoms with Crippen molar-refractivity contribution in [2.24, 2.45) is 11.8 Å². The Bertz CT molecular complexity index is 714. The molecule has 1 heterocycles. The minimum Gasteiger partial charge on any atom is -0.273 e. The first-order valence-corrected chi connectivity index (χ1v) is 7.54. The maximum atomic E-state index is 12.5. The molecule has 2 bridgehead atoms. The van der Waals surface area contributed by atoms with Crippen molar-refractivity contribution in [1.29, 1.82) is 0 Å². The molecule has 22 heavy (non-hydrogen) atoms. The molecule has 0 unspecified atom stereocenters. The molecule has 6 rings (SSSR count). The van der Waals surface area contributed by atoms with Gasteiger partial charge in [-0.1, -0.05) is 48.5 Å². The zero-order valence-corrected chi connectivity index (χ0v) is 11.7. The second-order valence-electron chi connectivity index (χ2n) is 6.24. The Balaban J connectivity index is 1.85. The lowest BCUT2D eigenvalue weighted by atomic mass is 9.53. The van der Waals surface area contributed by atoms with Gasteiger partial charge in [-0.05, 0) is 22.3 Å². The predicted octanol–water partition coefficient (Wildman–Crippen LogP) is 1.67. The standard InChI is InChI=1S/C18H14N2O2/c21-17-15-13-9-5-1-2-6-10(9)14(16(15)18(22)20-19-17)12-8-4-3-7-11(12)13/h1-8,13-16H,(H,19,21)(H,20,22)/t13?,14?,15-,16-/m1/s1. The topological polar surface area (TPSA) is 58.2 Å². The van der Waals surface area contributed by atoms with Crippen LogP contribution in [0.2, 0.25) is 0 Å². The van der Waals surface area contributed by atoms with Crippen LogP contribution >= 0.6 is 0 Å². The zero-order chi connectivity index (χ0) is 14.8. The molecular weight excluding hydrogens is 276 g/mol. The van der Waals surface area contributed by atoms with E-state index in [1.165, 1.54) is 22.3 Å². The van der Waals surface area contributed by atoms with Crippen molar-refractivity contribution in [3.8, 4) is 0 Å². The van der Waals surface area contributed by atoms with Gasteiger partial charge in [0.25, 0.3) is 0 Å². The summed E-state index contributed by atoms with van der Waals surface area (Å²) in [6, 6.07) is 16.4. The quantitative estimate of drug-likeness (QED) is 0.775. The first kappa shape index (κ1) is 12.0. The van der Waals surface area contributed by atoms with Crippen LogP contribution in [0.3, 0.4) is 0 Å². The number of carbonyl (C=O) groups excluding carboxylic acids is 2. The summed E-state index contributed by atoms with van der Waals surface area (Å²) in [4.78, 5) is 24.9. The van der Waals surface area contributed by atoms with Crippen molar-refractivity contribution in [3.63, 3.8) is 0 Å². The predicted molar refractivity (Wildman–Crippen MR) is 79.8 cm³/mol. The largest absolute Gasteiger partial charge is 0.273 e. The normalized spacial score (nSPS) is 30.7. The average Bonchev–Trinajstić information content (AvgIpc) is 2.58. The van der Waals surface area contributed by atoms with E-state index in [2.05, 4.69) is 35.1 Å². The second kappa shape index (κ2) is 3.97. The fourth-order valence-corrected chi connectivity index (χ4v) is 4.60. The van der Waals surface area contributed by atoms with Crippen LogP contribution in [0.25, 0.3) is 0 Å². The smallest absolute Gasteiger partial charge is 0.243 e. The molecule has 2 amide bonds. The van der Waals surface area contributed by atoms with Gasteiger partial charge in [-0.15, -0.1) is 0 Å². The monoisotopic (exact) mass is 290 g/mol. The van der Waals surface area contributed by atoms with Crippen molar-refractivity contribution >= 4 is 11.8 Å². The number of hydrogen-bond donors (Lipinski definition) is 2. The fraction of sp³-hybridized carbons (Fsp3) is 0.222. The molecule has 0 radical (unpaired) electrons. The third-order valence-corrected chi connectivity index (χ3v) is 5.35. The van der Waals surface area contributed by atoms with E-state index in [1.807, 2.05) is 24.3 Å². The van der Waals surface area contributed by atoms with Gasteiger partial charge in [-0.25, -0.2) is 0 Å². The Hall–Kier alpha value is -2.62. The summed E-state index contributed by atoms with van der Waals surface area (Å²) in [7, 11) is 0. The third-order valence-electron chi connectivity index (χ3n) is 5.35. The summed E-state index contributed by atoms with van der Waals surface area (Å²) >= 11 is 0. The number of hydrogen-bond acceptors (Lipinski definition) is 2. The van der Waals surface area contributed by atoms with Crippen LogP contribution in [-0.4, -0.2) is 11.8 Å². The van der Waals surface area contributed by atoms with Crippen LogP contribution < -0.4 is 10.9 Å². The van der Waals surface area contributed by atoms with Gasteiger partial charge in [0.05, 0.1) is 11.8 Å². The number of rotatable bonds is 0. The van der Waals surface area contributed by atoms with E-state index >= 15 is 0 Å². The van der Waals surface area contributed by atoms with E-state index in [-0.39, 0.29) is 35.5 Å². The highest BCUT2D eigenvalue weighted by Gasteiger charge is 2.56. The molecule has 1 fully saturated rings. The number of hydrazine groups is 1. The van der Waals surface area contributed by atoms with Crippen molar-refractivity contribution < 1.29 is 9.59 Å². The van der Waals surface area contributed by atoms with E-state index in [1.54, 1.807) is 0 Å². The van der Waals surface area contributed by atoms with Crippen molar-refractivity contribution in [2.45, 2.75) is 11.8 Å². The van der Waals surface area contributed by atoms with Crippen molar-refractivity contribution in [2.75, 3.05) is 0 Å². The minimum absolute atomic E-state index is 0.0338. The van der Waals surface area contributed by atoms with Gasteiger partial charge in [-0.3, -0.25) is 20.4 Å².